The third-order valence-electron chi connectivity index (χ3n) is 9.84. The molecule has 15 nitrogen and oxygen atoms in total. The Morgan fingerprint density at radius 2 is 1.09 bits per heavy atom. The number of nitrogens with two attached hydrogens (primary N) is 1. The van der Waals surface area contributed by atoms with Gasteiger partial charge in [0.25, 0.3) is 0 Å². The predicted molar refractivity (Wildman–Crippen MR) is 200 cm³/mol. The molecule has 0 radical (unpaired) electrons. The summed E-state index contributed by atoms with van der Waals surface area (Å²) >= 11 is 0. The lowest BCUT2D eigenvalue weighted by Gasteiger charge is -2.29. The van der Waals surface area contributed by atoms with E-state index in [1.807, 2.05) is 60.7 Å². The van der Waals surface area contributed by atoms with E-state index < -0.39 is 60.1 Å². The SMILES string of the molecule is CC(N[C@@H](CCc1ccccc1)C(=O)O)C(=O)N1CCC[C@H]1C(=O)O.NCCCC[C@H](N[C@@H](CCc1ccccc1)C(=O)O)C(=O)N1CCC[C@H]1C(=O)O. The molecular formula is C39H55N5O10. The highest BCUT2D eigenvalue weighted by molar-refractivity contribution is 5.89. The Kier molecular flexibility index (Phi) is 18.0. The van der Waals surface area contributed by atoms with E-state index in [0.29, 0.717) is 83.8 Å². The number of likely N-dealkylation sites (tertiary alicyclic amines) is 2. The smallest absolute Gasteiger partial charge is 0.326 e. The number of aryl methyl sites for hydroxylation is 2. The minimum atomic E-state index is -1.02. The van der Waals surface area contributed by atoms with Gasteiger partial charge in [-0.1, -0.05) is 67.1 Å². The van der Waals surface area contributed by atoms with Gasteiger partial charge in [0.15, 0.2) is 0 Å². The Morgan fingerprint density at radius 3 is 1.52 bits per heavy atom. The Balaban J connectivity index is 0.000000294. The molecule has 6 atom stereocenters. The molecule has 2 aromatic carbocycles. The first-order valence-electron chi connectivity index (χ1n) is 18.7. The summed E-state index contributed by atoms with van der Waals surface area (Å²) in [4.78, 5) is 74.2. The molecule has 0 aromatic heterocycles. The van der Waals surface area contributed by atoms with E-state index in [0.717, 1.165) is 17.5 Å². The van der Waals surface area contributed by atoms with Crippen LogP contribution in [0, 0.1) is 0 Å². The molecule has 0 bridgehead atoms. The van der Waals surface area contributed by atoms with Gasteiger partial charge in [-0.2, -0.15) is 0 Å². The van der Waals surface area contributed by atoms with Gasteiger partial charge in [0.1, 0.15) is 24.2 Å². The van der Waals surface area contributed by atoms with E-state index in [-0.39, 0.29) is 11.8 Å². The topological polar surface area (TPSA) is 240 Å². The van der Waals surface area contributed by atoms with Gasteiger partial charge in [-0.15, -0.1) is 0 Å². The Labute approximate surface area is 315 Å². The second kappa shape index (κ2) is 22.4. The summed E-state index contributed by atoms with van der Waals surface area (Å²) in [7, 11) is 0. The summed E-state index contributed by atoms with van der Waals surface area (Å²) in [5.74, 6) is -4.78. The van der Waals surface area contributed by atoms with Crippen LogP contribution >= 0.6 is 0 Å². The molecule has 0 spiro atoms. The second-order valence-electron chi connectivity index (χ2n) is 13.8. The van der Waals surface area contributed by atoms with E-state index in [4.69, 9.17) is 5.73 Å². The number of carbonyl (C=O) groups is 6. The van der Waals surface area contributed by atoms with Crippen LogP contribution in [0.1, 0.15) is 75.8 Å². The number of carboxylic acids is 4. The van der Waals surface area contributed by atoms with Crippen molar-refractivity contribution in [3.8, 4) is 0 Å². The molecule has 2 aromatic rings. The van der Waals surface area contributed by atoms with Gasteiger partial charge in [0, 0.05) is 13.1 Å². The molecule has 15 heteroatoms. The quantitative estimate of drug-likeness (QED) is 0.0963. The molecule has 0 aliphatic carbocycles. The van der Waals surface area contributed by atoms with Gasteiger partial charge >= 0.3 is 23.9 Å². The molecule has 2 saturated heterocycles. The van der Waals surface area contributed by atoms with Crippen LogP contribution in [0.4, 0.5) is 0 Å². The number of amides is 2. The lowest BCUT2D eigenvalue weighted by molar-refractivity contribution is -0.149. The third-order valence-corrected chi connectivity index (χ3v) is 9.84. The maximum atomic E-state index is 13.1. The first-order valence-corrected chi connectivity index (χ1v) is 18.7. The van der Waals surface area contributed by atoms with Gasteiger partial charge in [0.2, 0.25) is 11.8 Å². The number of rotatable bonds is 20. The molecule has 296 valence electrons. The van der Waals surface area contributed by atoms with Crippen LogP contribution in [0.3, 0.4) is 0 Å². The highest BCUT2D eigenvalue weighted by atomic mass is 16.4. The van der Waals surface area contributed by atoms with Crippen LogP contribution in [0.5, 0.6) is 0 Å². The van der Waals surface area contributed by atoms with Gasteiger partial charge in [-0.25, -0.2) is 9.59 Å². The zero-order chi connectivity index (χ0) is 39.6. The molecular weight excluding hydrogens is 698 g/mol. The van der Waals surface area contributed by atoms with Crippen molar-refractivity contribution in [3.05, 3.63) is 71.8 Å². The first-order chi connectivity index (χ1) is 25.8. The monoisotopic (exact) mass is 753 g/mol. The highest BCUT2D eigenvalue weighted by Gasteiger charge is 2.39. The van der Waals surface area contributed by atoms with Crippen LogP contribution in [0.15, 0.2) is 60.7 Å². The normalized spacial score (nSPS) is 18.9. The number of unbranched alkanes of at least 4 members (excludes halogenated alkanes) is 1. The number of hydrogen-bond acceptors (Lipinski definition) is 9. The van der Waals surface area contributed by atoms with Crippen molar-refractivity contribution in [2.45, 2.75) is 114 Å². The van der Waals surface area contributed by atoms with E-state index in [2.05, 4.69) is 10.6 Å². The van der Waals surface area contributed by atoms with Crippen molar-refractivity contribution < 1.29 is 49.2 Å². The maximum Gasteiger partial charge on any atom is 0.326 e. The van der Waals surface area contributed by atoms with E-state index >= 15 is 0 Å². The van der Waals surface area contributed by atoms with Gasteiger partial charge < -0.3 is 36.0 Å². The molecule has 2 heterocycles. The molecule has 1 unspecified atom stereocenters. The molecule has 2 aliphatic rings. The average molecular weight is 754 g/mol. The van der Waals surface area contributed by atoms with Crippen molar-refractivity contribution in [1.29, 1.82) is 0 Å². The van der Waals surface area contributed by atoms with Crippen molar-refractivity contribution in [2.75, 3.05) is 19.6 Å². The highest BCUT2D eigenvalue weighted by Crippen LogP contribution is 2.21. The fourth-order valence-corrected chi connectivity index (χ4v) is 6.88. The molecule has 2 aliphatic heterocycles. The zero-order valence-electron chi connectivity index (χ0n) is 30.8. The number of carbonyl (C=O) groups excluding carboxylic acids is 2. The lowest BCUT2D eigenvalue weighted by Crippen LogP contribution is -2.54. The van der Waals surface area contributed by atoms with Crippen LogP contribution in [0.25, 0.3) is 0 Å². The standard InChI is InChI=1S/C21H31N3O5.C18H24N2O5/c22-13-5-4-9-16(19(25)24-14-6-10-18(24)21(28)29)23-17(20(26)27)12-11-15-7-2-1-3-8-15;1-12(16(21)20-11-5-8-15(20)18(24)25)19-14(17(22)23)10-9-13-6-3-2-4-7-13/h1-3,7-8,16-18,23H,4-6,9-14,22H2,(H,26,27)(H,28,29);2-4,6-7,12,14-15,19H,5,8-11H2,1H3,(H,22,23)(H,24,25)/t16-,17-,18-;12?,14-,15-/m00/s1. The maximum absolute atomic E-state index is 13.1. The molecule has 4 rings (SSSR count). The van der Waals surface area contributed by atoms with Crippen molar-refractivity contribution >= 4 is 35.7 Å². The fourth-order valence-electron chi connectivity index (χ4n) is 6.88. The molecule has 2 fully saturated rings. The summed E-state index contributed by atoms with van der Waals surface area (Å²) in [6.07, 6.45) is 5.77. The number of carboxylic acid groups (broad SMARTS) is 4. The largest absolute Gasteiger partial charge is 0.480 e. The van der Waals surface area contributed by atoms with E-state index in [9.17, 15) is 49.2 Å². The molecule has 2 amide bonds. The second-order valence-corrected chi connectivity index (χ2v) is 13.8. The van der Waals surface area contributed by atoms with Crippen molar-refractivity contribution in [3.63, 3.8) is 0 Å². The molecule has 0 saturated carbocycles. The van der Waals surface area contributed by atoms with Crippen LogP contribution in [0.2, 0.25) is 0 Å². The summed E-state index contributed by atoms with van der Waals surface area (Å²) in [6.45, 7) is 2.84. The third kappa shape index (κ3) is 13.5. The number of hydrogen-bond donors (Lipinski definition) is 7. The predicted octanol–water partition coefficient (Wildman–Crippen LogP) is 2.36. The van der Waals surface area contributed by atoms with E-state index in [1.54, 1.807) is 6.92 Å². The lowest BCUT2D eigenvalue weighted by atomic mass is 10.0. The minimum Gasteiger partial charge on any atom is -0.480 e. The number of benzene rings is 2. The fraction of sp³-hybridized carbons (Fsp3) is 0.538. The summed E-state index contributed by atoms with van der Waals surface area (Å²) in [5, 5.41) is 43.5. The summed E-state index contributed by atoms with van der Waals surface area (Å²) in [6, 6.07) is 14.2. The average Bonchev–Trinajstić information content (AvgIpc) is 3.86. The summed E-state index contributed by atoms with van der Waals surface area (Å²) < 4.78 is 0. The van der Waals surface area contributed by atoms with Gasteiger partial charge in [-0.05, 0) is 88.8 Å². The van der Waals surface area contributed by atoms with Crippen molar-refractivity contribution in [1.82, 2.24) is 20.4 Å². The molecule has 54 heavy (non-hydrogen) atoms. The zero-order valence-corrected chi connectivity index (χ0v) is 30.8. The molecule has 8 N–H and O–H groups in total. The van der Waals surface area contributed by atoms with Crippen LogP contribution in [-0.2, 0) is 41.6 Å². The number of nitrogens with one attached hydrogen (secondary N) is 2. The minimum absolute atomic E-state index is 0.335. The van der Waals surface area contributed by atoms with Gasteiger partial charge in [0.05, 0.1) is 12.1 Å². The summed E-state index contributed by atoms with van der Waals surface area (Å²) in [5.41, 5.74) is 7.60. The Bertz CT molecular complexity index is 1530. The number of aliphatic carboxylic acids is 4. The van der Waals surface area contributed by atoms with Gasteiger partial charge in [-0.3, -0.25) is 29.8 Å². The Hall–Kier alpha value is -4.86. The van der Waals surface area contributed by atoms with Crippen molar-refractivity contribution in [2.24, 2.45) is 5.73 Å². The number of nitrogens with zero attached hydrogens (tertiary/aromatic N) is 2. The van der Waals surface area contributed by atoms with Crippen LogP contribution in [-0.4, -0.2) is 122 Å². The van der Waals surface area contributed by atoms with E-state index in [1.165, 1.54) is 9.80 Å². The Morgan fingerprint density at radius 1 is 0.648 bits per heavy atom. The first kappa shape index (κ1) is 43.5. The van der Waals surface area contributed by atoms with Crippen LogP contribution < -0.4 is 16.4 Å².